The second-order valence-electron chi connectivity index (χ2n) is 3.76. The molecular formula is C12H17NO3. The number of carbonyl (C=O) groups is 1. The lowest BCUT2D eigenvalue weighted by atomic mass is 10.1. The molecule has 0 bridgehead atoms. The van der Waals surface area contributed by atoms with E-state index in [1.54, 1.807) is 19.1 Å². The number of hydrogen-bond donors (Lipinski definition) is 2. The highest BCUT2D eigenvalue weighted by Gasteiger charge is 2.12. The second kappa shape index (κ2) is 5.51. The van der Waals surface area contributed by atoms with Crippen LogP contribution in [0.3, 0.4) is 0 Å². The van der Waals surface area contributed by atoms with Crippen LogP contribution in [0.2, 0.25) is 0 Å². The molecule has 0 aliphatic heterocycles. The molecule has 1 aromatic carbocycles. The zero-order chi connectivity index (χ0) is 12.1. The normalized spacial score (nSPS) is 12.0. The lowest BCUT2D eigenvalue weighted by molar-refractivity contribution is 0.0921. The van der Waals surface area contributed by atoms with E-state index in [2.05, 4.69) is 5.32 Å². The molecule has 0 radical (unpaired) electrons. The van der Waals surface area contributed by atoms with Gasteiger partial charge in [0.05, 0.1) is 18.8 Å². The van der Waals surface area contributed by atoms with E-state index in [9.17, 15) is 4.79 Å². The van der Waals surface area contributed by atoms with Crippen LogP contribution in [0.4, 0.5) is 0 Å². The molecule has 2 N–H and O–H groups in total. The van der Waals surface area contributed by atoms with Crippen LogP contribution in [0.15, 0.2) is 18.2 Å². The summed E-state index contributed by atoms with van der Waals surface area (Å²) < 4.78 is 5.10. The number of aliphatic hydroxyl groups excluding tert-OH is 1. The van der Waals surface area contributed by atoms with Gasteiger partial charge in [0.2, 0.25) is 0 Å². The van der Waals surface area contributed by atoms with Crippen molar-refractivity contribution in [2.45, 2.75) is 20.0 Å². The molecule has 0 fully saturated rings. The molecule has 1 atom stereocenters. The first-order valence-corrected chi connectivity index (χ1v) is 5.15. The Morgan fingerprint density at radius 3 is 2.81 bits per heavy atom. The Bertz CT molecular complexity index is 375. The topological polar surface area (TPSA) is 58.6 Å². The number of hydrogen-bond acceptors (Lipinski definition) is 3. The highest BCUT2D eigenvalue weighted by atomic mass is 16.5. The number of methoxy groups -OCH3 is 1. The monoisotopic (exact) mass is 223 g/mol. The van der Waals surface area contributed by atoms with Crippen molar-refractivity contribution in [2.24, 2.45) is 0 Å². The van der Waals surface area contributed by atoms with E-state index in [0.29, 0.717) is 11.3 Å². The fraction of sp³-hybridized carbons (Fsp3) is 0.417. The lowest BCUT2D eigenvalue weighted by Gasteiger charge is -2.11. The molecule has 88 valence electrons. The molecule has 4 heteroatoms. The molecule has 1 amide bonds. The number of ether oxygens (including phenoxy) is 1. The molecule has 1 aromatic rings. The van der Waals surface area contributed by atoms with Crippen LogP contribution in [0.25, 0.3) is 0 Å². The lowest BCUT2D eigenvalue weighted by Crippen LogP contribution is -2.30. The van der Waals surface area contributed by atoms with Gasteiger partial charge in [-0.15, -0.1) is 0 Å². The van der Waals surface area contributed by atoms with E-state index < -0.39 is 6.10 Å². The summed E-state index contributed by atoms with van der Waals surface area (Å²) in [5.41, 5.74) is 1.48. The van der Waals surface area contributed by atoms with Crippen LogP contribution in [-0.4, -0.2) is 30.8 Å². The molecule has 0 unspecified atom stereocenters. The molecule has 16 heavy (non-hydrogen) atoms. The molecule has 0 aromatic heterocycles. The molecule has 0 saturated heterocycles. The van der Waals surface area contributed by atoms with Gasteiger partial charge in [-0.1, -0.05) is 11.6 Å². The Labute approximate surface area is 95.2 Å². The van der Waals surface area contributed by atoms with E-state index in [1.807, 2.05) is 13.0 Å². The highest BCUT2D eigenvalue weighted by Crippen LogP contribution is 2.19. The first kappa shape index (κ1) is 12.5. The summed E-state index contributed by atoms with van der Waals surface area (Å²) in [6.45, 7) is 3.76. The third kappa shape index (κ3) is 3.24. The molecule has 4 nitrogen and oxygen atoms in total. The number of carbonyl (C=O) groups excluding carboxylic acids is 1. The second-order valence-corrected chi connectivity index (χ2v) is 3.76. The van der Waals surface area contributed by atoms with Crippen LogP contribution in [0, 0.1) is 6.92 Å². The van der Waals surface area contributed by atoms with Gasteiger partial charge < -0.3 is 15.2 Å². The third-order valence-corrected chi connectivity index (χ3v) is 2.16. The van der Waals surface area contributed by atoms with Gasteiger partial charge in [-0.25, -0.2) is 0 Å². The number of amides is 1. The van der Waals surface area contributed by atoms with Crippen LogP contribution in [-0.2, 0) is 0 Å². The van der Waals surface area contributed by atoms with Crippen LogP contribution in [0.1, 0.15) is 22.8 Å². The zero-order valence-electron chi connectivity index (χ0n) is 9.78. The Kier molecular flexibility index (Phi) is 4.31. The molecular weight excluding hydrogens is 206 g/mol. The van der Waals surface area contributed by atoms with Crippen molar-refractivity contribution in [3.63, 3.8) is 0 Å². The van der Waals surface area contributed by atoms with Gasteiger partial charge in [0, 0.05) is 6.54 Å². The summed E-state index contributed by atoms with van der Waals surface area (Å²) in [5, 5.41) is 11.7. The minimum atomic E-state index is -0.556. The summed E-state index contributed by atoms with van der Waals surface area (Å²) in [4.78, 5) is 11.8. The van der Waals surface area contributed by atoms with Crippen molar-refractivity contribution in [2.75, 3.05) is 13.7 Å². The van der Waals surface area contributed by atoms with Gasteiger partial charge in [-0.05, 0) is 26.0 Å². The maximum absolute atomic E-state index is 11.8. The average molecular weight is 223 g/mol. The SMILES string of the molecule is COc1ccc(C)cc1C(=O)NC[C@H](C)O. The molecule has 0 aliphatic carbocycles. The maximum Gasteiger partial charge on any atom is 0.255 e. The quantitative estimate of drug-likeness (QED) is 0.804. The number of rotatable bonds is 4. The first-order valence-electron chi connectivity index (χ1n) is 5.15. The molecule has 0 aliphatic rings. The fourth-order valence-corrected chi connectivity index (χ4v) is 1.33. The first-order chi connectivity index (χ1) is 7.54. The van der Waals surface area contributed by atoms with Crippen molar-refractivity contribution in [3.05, 3.63) is 29.3 Å². The molecule has 0 heterocycles. The van der Waals surface area contributed by atoms with Crippen LogP contribution < -0.4 is 10.1 Å². The Hall–Kier alpha value is -1.55. The number of aryl methyl sites for hydroxylation is 1. The number of nitrogens with one attached hydrogen (secondary N) is 1. The van der Waals surface area contributed by atoms with Crippen molar-refractivity contribution < 1.29 is 14.6 Å². The zero-order valence-corrected chi connectivity index (χ0v) is 9.78. The number of aliphatic hydroxyl groups is 1. The summed E-state index contributed by atoms with van der Waals surface area (Å²) in [7, 11) is 1.52. The van der Waals surface area contributed by atoms with Gasteiger partial charge in [0.15, 0.2) is 0 Å². The van der Waals surface area contributed by atoms with Gasteiger partial charge >= 0.3 is 0 Å². The predicted octanol–water partition coefficient (Wildman–Crippen LogP) is 1.11. The largest absolute Gasteiger partial charge is 0.496 e. The van der Waals surface area contributed by atoms with E-state index in [4.69, 9.17) is 9.84 Å². The van der Waals surface area contributed by atoms with E-state index in [0.717, 1.165) is 5.56 Å². The van der Waals surface area contributed by atoms with Crippen molar-refractivity contribution in [1.82, 2.24) is 5.32 Å². The van der Waals surface area contributed by atoms with Crippen molar-refractivity contribution >= 4 is 5.91 Å². The van der Waals surface area contributed by atoms with E-state index >= 15 is 0 Å². The van der Waals surface area contributed by atoms with Crippen molar-refractivity contribution in [3.8, 4) is 5.75 Å². The highest BCUT2D eigenvalue weighted by molar-refractivity contribution is 5.97. The summed E-state index contributed by atoms with van der Waals surface area (Å²) in [6.07, 6.45) is -0.556. The summed E-state index contributed by atoms with van der Waals surface area (Å²) in [6, 6.07) is 5.40. The number of benzene rings is 1. The predicted molar refractivity (Wildman–Crippen MR) is 61.7 cm³/mol. The van der Waals surface area contributed by atoms with Crippen LogP contribution >= 0.6 is 0 Å². The minimum Gasteiger partial charge on any atom is -0.496 e. The standard InChI is InChI=1S/C12H17NO3/c1-8-4-5-11(16-3)10(6-8)12(15)13-7-9(2)14/h4-6,9,14H,7H2,1-3H3,(H,13,15)/t9-/m0/s1. The fourth-order valence-electron chi connectivity index (χ4n) is 1.33. The Morgan fingerprint density at radius 2 is 2.25 bits per heavy atom. The van der Waals surface area contributed by atoms with Gasteiger partial charge in [0.25, 0.3) is 5.91 Å². The smallest absolute Gasteiger partial charge is 0.255 e. The van der Waals surface area contributed by atoms with Crippen LogP contribution in [0.5, 0.6) is 5.75 Å². The average Bonchev–Trinajstić information content (AvgIpc) is 2.25. The Balaban J connectivity index is 2.84. The maximum atomic E-state index is 11.8. The molecule has 1 rings (SSSR count). The molecule has 0 saturated carbocycles. The van der Waals surface area contributed by atoms with E-state index in [-0.39, 0.29) is 12.5 Å². The third-order valence-electron chi connectivity index (χ3n) is 2.16. The summed E-state index contributed by atoms with van der Waals surface area (Å²) in [5.74, 6) is 0.301. The summed E-state index contributed by atoms with van der Waals surface area (Å²) >= 11 is 0. The minimum absolute atomic E-state index is 0.232. The molecule has 0 spiro atoms. The van der Waals surface area contributed by atoms with E-state index in [1.165, 1.54) is 7.11 Å². The Morgan fingerprint density at radius 1 is 1.56 bits per heavy atom. The van der Waals surface area contributed by atoms with Gasteiger partial charge in [-0.3, -0.25) is 4.79 Å². The van der Waals surface area contributed by atoms with Gasteiger partial charge in [0.1, 0.15) is 5.75 Å². The van der Waals surface area contributed by atoms with Crippen molar-refractivity contribution in [1.29, 1.82) is 0 Å². The van der Waals surface area contributed by atoms with Gasteiger partial charge in [-0.2, -0.15) is 0 Å².